The number of nitrogens with zero attached hydrogens (tertiary/aromatic N) is 2. The van der Waals surface area contributed by atoms with Gasteiger partial charge in [0.2, 0.25) is 0 Å². The first-order valence-corrected chi connectivity index (χ1v) is 7.10. The molecule has 2 atom stereocenters. The zero-order valence-corrected chi connectivity index (χ0v) is 11.8. The number of rotatable bonds is 4. The normalized spacial score (nSPS) is 21.6. The maximum Gasteiger partial charge on any atom is 0.127 e. The van der Waals surface area contributed by atoms with Crippen LogP contribution in [-0.2, 0) is 0 Å². The Morgan fingerprint density at radius 3 is 2.89 bits per heavy atom. The number of nitriles is 1. The van der Waals surface area contributed by atoms with Gasteiger partial charge >= 0.3 is 0 Å². The standard InChI is InChI=1S/C16H22N2O/c1-3-13-8-6-7-11-18(13)15(12-17)14-9-4-5-10-16(14)19-2/h4-5,9-10,13,15H,3,6-8,11H2,1-2H3. The lowest BCUT2D eigenvalue weighted by atomic mass is 9.95. The fourth-order valence-corrected chi connectivity index (χ4v) is 3.02. The molecule has 0 bridgehead atoms. The average Bonchev–Trinajstić information content (AvgIpc) is 2.49. The van der Waals surface area contributed by atoms with E-state index in [2.05, 4.69) is 17.9 Å². The summed E-state index contributed by atoms with van der Waals surface area (Å²) in [6, 6.07) is 10.7. The number of ether oxygens (including phenoxy) is 1. The summed E-state index contributed by atoms with van der Waals surface area (Å²) < 4.78 is 5.41. The minimum Gasteiger partial charge on any atom is -0.496 e. The molecule has 3 heteroatoms. The van der Waals surface area contributed by atoms with Crippen LogP contribution in [-0.4, -0.2) is 24.6 Å². The van der Waals surface area contributed by atoms with Crippen molar-refractivity contribution >= 4 is 0 Å². The molecule has 19 heavy (non-hydrogen) atoms. The fraction of sp³-hybridized carbons (Fsp3) is 0.562. The Morgan fingerprint density at radius 2 is 2.21 bits per heavy atom. The highest BCUT2D eigenvalue weighted by atomic mass is 16.5. The molecule has 1 saturated heterocycles. The van der Waals surface area contributed by atoms with E-state index in [0.29, 0.717) is 6.04 Å². The molecule has 1 aromatic rings. The molecule has 1 heterocycles. The summed E-state index contributed by atoms with van der Waals surface area (Å²) in [4.78, 5) is 2.35. The summed E-state index contributed by atoms with van der Waals surface area (Å²) in [6.45, 7) is 3.22. The lowest BCUT2D eigenvalue weighted by Gasteiger charge is -2.38. The molecule has 2 rings (SSSR count). The van der Waals surface area contributed by atoms with Crippen molar-refractivity contribution in [1.29, 1.82) is 5.26 Å². The van der Waals surface area contributed by atoms with E-state index >= 15 is 0 Å². The number of hydrogen-bond acceptors (Lipinski definition) is 3. The van der Waals surface area contributed by atoms with E-state index in [1.54, 1.807) is 7.11 Å². The quantitative estimate of drug-likeness (QED) is 0.829. The van der Waals surface area contributed by atoms with Crippen molar-refractivity contribution < 1.29 is 4.74 Å². The third-order valence-electron chi connectivity index (χ3n) is 4.03. The highest BCUT2D eigenvalue weighted by Gasteiger charge is 2.30. The minimum absolute atomic E-state index is 0.193. The zero-order valence-electron chi connectivity index (χ0n) is 11.8. The van der Waals surface area contributed by atoms with Crippen molar-refractivity contribution in [2.75, 3.05) is 13.7 Å². The Labute approximate surface area is 115 Å². The van der Waals surface area contributed by atoms with Crippen LogP contribution in [0.1, 0.15) is 44.2 Å². The van der Waals surface area contributed by atoms with Gasteiger partial charge < -0.3 is 4.74 Å². The number of likely N-dealkylation sites (tertiary alicyclic amines) is 1. The van der Waals surface area contributed by atoms with Gasteiger partial charge in [-0.15, -0.1) is 0 Å². The van der Waals surface area contributed by atoms with Gasteiger partial charge in [0.15, 0.2) is 0 Å². The molecular weight excluding hydrogens is 236 g/mol. The molecule has 3 nitrogen and oxygen atoms in total. The van der Waals surface area contributed by atoms with Gasteiger partial charge in [-0.1, -0.05) is 31.5 Å². The summed E-state index contributed by atoms with van der Waals surface area (Å²) in [7, 11) is 1.67. The molecule has 0 saturated carbocycles. The second-order valence-electron chi connectivity index (χ2n) is 5.07. The largest absolute Gasteiger partial charge is 0.496 e. The topological polar surface area (TPSA) is 36.3 Å². The van der Waals surface area contributed by atoms with Gasteiger partial charge in [0, 0.05) is 18.2 Å². The van der Waals surface area contributed by atoms with Gasteiger partial charge in [0.25, 0.3) is 0 Å². The van der Waals surface area contributed by atoms with Crippen LogP contribution in [0.5, 0.6) is 5.75 Å². The summed E-state index contributed by atoms with van der Waals surface area (Å²) in [5.74, 6) is 0.814. The number of para-hydroxylation sites is 1. The maximum absolute atomic E-state index is 9.62. The number of methoxy groups -OCH3 is 1. The van der Waals surface area contributed by atoms with Crippen LogP contribution in [0.4, 0.5) is 0 Å². The number of piperidine rings is 1. The van der Waals surface area contributed by atoms with Crippen LogP contribution in [0.25, 0.3) is 0 Å². The maximum atomic E-state index is 9.62. The summed E-state index contributed by atoms with van der Waals surface area (Å²) in [6.07, 6.45) is 4.76. The first-order valence-electron chi connectivity index (χ1n) is 7.10. The van der Waals surface area contributed by atoms with Crippen molar-refractivity contribution in [3.63, 3.8) is 0 Å². The van der Waals surface area contributed by atoms with E-state index in [9.17, 15) is 5.26 Å². The van der Waals surface area contributed by atoms with Gasteiger partial charge in [-0.3, -0.25) is 4.90 Å². The smallest absolute Gasteiger partial charge is 0.127 e. The lowest BCUT2D eigenvalue weighted by Crippen LogP contribution is -2.41. The molecule has 2 unspecified atom stereocenters. The highest BCUT2D eigenvalue weighted by Crippen LogP contribution is 2.33. The van der Waals surface area contributed by atoms with E-state index in [0.717, 1.165) is 24.3 Å². The van der Waals surface area contributed by atoms with Crippen molar-refractivity contribution in [2.24, 2.45) is 0 Å². The van der Waals surface area contributed by atoms with Crippen LogP contribution in [0, 0.1) is 11.3 Å². The molecule has 0 amide bonds. The van der Waals surface area contributed by atoms with Crippen LogP contribution < -0.4 is 4.74 Å². The number of benzene rings is 1. The van der Waals surface area contributed by atoms with Gasteiger partial charge in [-0.2, -0.15) is 5.26 Å². The first-order chi connectivity index (χ1) is 9.31. The first kappa shape index (κ1) is 13.9. The van der Waals surface area contributed by atoms with Gasteiger partial charge in [0.05, 0.1) is 13.2 Å². The summed E-state index contributed by atoms with van der Waals surface area (Å²) in [5, 5.41) is 9.62. The molecule has 0 spiro atoms. The molecule has 1 fully saturated rings. The van der Waals surface area contributed by atoms with E-state index < -0.39 is 0 Å². The molecule has 0 aromatic heterocycles. The Hall–Kier alpha value is -1.53. The Bertz CT molecular complexity index is 452. The van der Waals surface area contributed by atoms with Gasteiger partial charge in [0.1, 0.15) is 11.8 Å². The monoisotopic (exact) mass is 258 g/mol. The van der Waals surface area contributed by atoms with E-state index in [-0.39, 0.29) is 6.04 Å². The van der Waals surface area contributed by atoms with Crippen molar-refractivity contribution in [2.45, 2.75) is 44.7 Å². The SMILES string of the molecule is CCC1CCCCN1C(C#N)c1ccccc1OC. The second kappa shape index (κ2) is 6.58. The fourth-order valence-electron chi connectivity index (χ4n) is 3.02. The molecule has 102 valence electrons. The Morgan fingerprint density at radius 1 is 1.42 bits per heavy atom. The van der Waals surface area contributed by atoms with Gasteiger partial charge in [-0.05, 0) is 25.3 Å². The molecule has 0 aliphatic carbocycles. The third-order valence-corrected chi connectivity index (χ3v) is 4.03. The van der Waals surface area contributed by atoms with Crippen molar-refractivity contribution in [1.82, 2.24) is 4.90 Å². The summed E-state index contributed by atoms with van der Waals surface area (Å²) in [5.41, 5.74) is 0.993. The van der Waals surface area contributed by atoms with E-state index in [4.69, 9.17) is 4.74 Å². The predicted molar refractivity (Wildman–Crippen MR) is 76.0 cm³/mol. The Balaban J connectivity index is 2.30. The molecule has 0 N–H and O–H groups in total. The predicted octanol–water partition coefficient (Wildman–Crippen LogP) is 3.52. The van der Waals surface area contributed by atoms with Crippen molar-refractivity contribution in [3.05, 3.63) is 29.8 Å². The number of hydrogen-bond donors (Lipinski definition) is 0. The highest BCUT2D eigenvalue weighted by molar-refractivity contribution is 5.38. The van der Waals surface area contributed by atoms with Crippen LogP contribution in [0.15, 0.2) is 24.3 Å². The zero-order chi connectivity index (χ0) is 13.7. The van der Waals surface area contributed by atoms with Crippen LogP contribution in [0.3, 0.4) is 0 Å². The van der Waals surface area contributed by atoms with Crippen molar-refractivity contribution in [3.8, 4) is 11.8 Å². The Kier molecular flexibility index (Phi) is 4.81. The van der Waals surface area contributed by atoms with Crippen LogP contribution >= 0.6 is 0 Å². The van der Waals surface area contributed by atoms with Gasteiger partial charge in [-0.25, -0.2) is 0 Å². The molecule has 1 aromatic carbocycles. The molecule has 1 aliphatic heterocycles. The molecule has 0 radical (unpaired) electrons. The summed E-state index contributed by atoms with van der Waals surface area (Å²) >= 11 is 0. The van der Waals surface area contributed by atoms with Crippen LogP contribution in [0.2, 0.25) is 0 Å². The second-order valence-corrected chi connectivity index (χ2v) is 5.07. The lowest BCUT2D eigenvalue weighted by molar-refractivity contribution is 0.115. The minimum atomic E-state index is -0.193. The van der Waals surface area contributed by atoms with E-state index in [1.165, 1.54) is 19.3 Å². The molecule has 1 aliphatic rings. The third kappa shape index (κ3) is 2.90. The molecular formula is C16H22N2O. The average molecular weight is 258 g/mol. The van der Waals surface area contributed by atoms with E-state index in [1.807, 2.05) is 24.3 Å².